The van der Waals surface area contributed by atoms with Crippen LogP contribution in [0.5, 0.6) is 0 Å². The topological polar surface area (TPSA) is 93.8 Å². The van der Waals surface area contributed by atoms with E-state index in [0.29, 0.717) is 18.7 Å². The third-order valence-electron chi connectivity index (χ3n) is 2.62. The summed E-state index contributed by atoms with van der Waals surface area (Å²) in [5.41, 5.74) is 0.926. The van der Waals surface area contributed by atoms with Gasteiger partial charge in [0.05, 0.1) is 0 Å². The molecular formula is C11H13N5O2. The molecule has 2 heterocycles. The molecule has 18 heavy (non-hydrogen) atoms. The normalized spacial score (nSPS) is 12.3. The van der Waals surface area contributed by atoms with Crippen molar-refractivity contribution in [2.75, 3.05) is 0 Å². The van der Waals surface area contributed by atoms with Crippen molar-refractivity contribution in [3.05, 3.63) is 35.9 Å². The van der Waals surface area contributed by atoms with Gasteiger partial charge in [-0.1, -0.05) is 6.07 Å². The van der Waals surface area contributed by atoms with E-state index in [0.717, 1.165) is 5.69 Å². The molecule has 7 nitrogen and oxygen atoms in total. The predicted molar refractivity (Wildman–Crippen MR) is 61.8 cm³/mol. The van der Waals surface area contributed by atoms with Crippen molar-refractivity contribution in [3.8, 4) is 0 Å². The van der Waals surface area contributed by atoms with Gasteiger partial charge in [-0.15, -0.1) is 5.10 Å². The predicted octanol–water partition coefficient (Wildman–Crippen LogP) is 0.499. The Morgan fingerprint density at radius 3 is 2.94 bits per heavy atom. The fraction of sp³-hybridized carbons (Fsp3) is 0.364. The molecule has 0 saturated heterocycles. The Bertz CT molecular complexity index is 525. The number of tetrazole rings is 1. The Morgan fingerprint density at radius 2 is 2.28 bits per heavy atom. The van der Waals surface area contributed by atoms with E-state index < -0.39 is 12.0 Å². The van der Waals surface area contributed by atoms with Gasteiger partial charge in [0, 0.05) is 18.3 Å². The minimum absolute atomic E-state index is 0.551. The summed E-state index contributed by atoms with van der Waals surface area (Å²) in [4.78, 5) is 15.1. The van der Waals surface area contributed by atoms with Gasteiger partial charge < -0.3 is 5.11 Å². The largest absolute Gasteiger partial charge is 0.480 e. The molecule has 0 aliphatic heterocycles. The lowest BCUT2D eigenvalue weighted by Gasteiger charge is -2.08. The van der Waals surface area contributed by atoms with Gasteiger partial charge in [0.1, 0.15) is 6.04 Å². The Labute approximate surface area is 103 Å². The molecule has 2 rings (SSSR count). The lowest BCUT2D eigenvalue weighted by Crippen LogP contribution is -2.19. The lowest BCUT2D eigenvalue weighted by atomic mass is 10.2. The van der Waals surface area contributed by atoms with E-state index in [1.54, 1.807) is 13.1 Å². The van der Waals surface area contributed by atoms with Crippen LogP contribution >= 0.6 is 0 Å². The van der Waals surface area contributed by atoms with Gasteiger partial charge in [-0.2, -0.15) is 0 Å². The number of nitrogens with zero attached hydrogens (tertiary/aromatic N) is 5. The Morgan fingerprint density at radius 1 is 1.44 bits per heavy atom. The summed E-state index contributed by atoms with van der Waals surface area (Å²) < 4.78 is 1.32. The van der Waals surface area contributed by atoms with Crippen molar-refractivity contribution in [1.29, 1.82) is 0 Å². The number of rotatable bonds is 5. The highest BCUT2D eigenvalue weighted by atomic mass is 16.4. The smallest absolute Gasteiger partial charge is 0.328 e. The molecule has 0 radical (unpaired) electrons. The van der Waals surface area contributed by atoms with E-state index in [1.165, 1.54) is 4.68 Å². The molecule has 0 aliphatic carbocycles. The van der Waals surface area contributed by atoms with Gasteiger partial charge >= 0.3 is 5.97 Å². The van der Waals surface area contributed by atoms with E-state index in [1.807, 2.05) is 18.2 Å². The van der Waals surface area contributed by atoms with Crippen LogP contribution in [0.25, 0.3) is 0 Å². The van der Waals surface area contributed by atoms with Crippen LogP contribution in [0.1, 0.15) is 24.5 Å². The number of pyridine rings is 1. The number of aliphatic carboxylic acids is 1. The number of hydrogen-bond donors (Lipinski definition) is 1. The second kappa shape index (κ2) is 5.35. The third-order valence-corrected chi connectivity index (χ3v) is 2.62. The van der Waals surface area contributed by atoms with E-state index in [2.05, 4.69) is 20.5 Å². The van der Waals surface area contributed by atoms with Crippen molar-refractivity contribution >= 4 is 5.97 Å². The average molecular weight is 247 g/mol. The molecule has 0 aromatic carbocycles. The maximum atomic E-state index is 10.9. The SMILES string of the molecule is CC(C(=O)O)n1nnnc1CCc1ccccn1. The molecule has 1 N–H and O–H groups in total. The molecule has 0 saturated carbocycles. The number of carbonyl (C=O) groups is 1. The fourth-order valence-corrected chi connectivity index (χ4v) is 1.57. The van der Waals surface area contributed by atoms with Crippen LogP contribution in [0, 0.1) is 0 Å². The number of aryl methyl sites for hydroxylation is 2. The third kappa shape index (κ3) is 2.68. The standard InChI is InChI=1S/C11H13N5O2/c1-8(11(17)18)16-10(13-14-15-16)6-5-9-4-2-3-7-12-9/h2-4,7-8H,5-6H2,1H3,(H,17,18). The van der Waals surface area contributed by atoms with Gasteiger partial charge in [-0.05, 0) is 35.9 Å². The zero-order chi connectivity index (χ0) is 13.0. The summed E-state index contributed by atoms with van der Waals surface area (Å²) in [7, 11) is 0. The highest BCUT2D eigenvalue weighted by Crippen LogP contribution is 2.08. The van der Waals surface area contributed by atoms with Crippen LogP contribution in [0.3, 0.4) is 0 Å². The summed E-state index contributed by atoms with van der Waals surface area (Å²) >= 11 is 0. The summed E-state index contributed by atoms with van der Waals surface area (Å²) in [6.07, 6.45) is 2.95. The molecule has 94 valence electrons. The number of hydrogen-bond acceptors (Lipinski definition) is 5. The van der Waals surface area contributed by atoms with Crippen molar-refractivity contribution < 1.29 is 9.90 Å². The zero-order valence-electron chi connectivity index (χ0n) is 9.89. The molecule has 0 bridgehead atoms. The van der Waals surface area contributed by atoms with Crippen LogP contribution in [-0.2, 0) is 17.6 Å². The van der Waals surface area contributed by atoms with E-state index >= 15 is 0 Å². The van der Waals surface area contributed by atoms with Crippen molar-refractivity contribution in [2.24, 2.45) is 0 Å². The minimum Gasteiger partial charge on any atom is -0.480 e. The molecule has 0 spiro atoms. The van der Waals surface area contributed by atoms with Gasteiger partial charge in [0.15, 0.2) is 5.82 Å². The number of aromatic nitrogens is 5. The number of carboxylic acids is 1. The lowest BCUT2D eigenvalue weighted by molar-refractivity contribution is -0.140. The zero-order valence-corrected chi connectivity index (χ0v) is 9.89. The van der Waals surface area contributed by atoms with Crippen molar-refractivity contribution in [3.63, 3.8) is 0 Å². The first-order valence-electron chi connectivity index (χ1n) is 5.58. The van der Waals surface area contributed by atoms with Crippen LogP contribution in [0.2, 0.25) is 0 Å². The average Bonchev–Trinajstić information content (AvgIpc) is 2.84. The van der Waals surface area contributed by atoms with Crippen LogP contribution in [-0.4, -0.2) is 36.3 Å². The quantitative estimate of drug-likeness (QED) is 0.826. The van der Waals surface area contributed by atoms with Crippen LogP contribution in [0.4, 0.5) is 0 Å². The van der Waals surface area contributed by atoms with Gasteiger partial charge in [0.2, 0.25) is 0 Å². The monoisotopic (exact) mass is 247 g/mol. The summed E-state index contributed by atoms with van der Waals surface area (Å²) in [5.74, 6) is -0.406. The molecule has 7 heteroatoms. The van der Waals surface area contributed by atoms with Gasteiger partial charge in [0.25, 0.3) is 0 Å². The fourth-order valence-electron chi connectivity index (χ4n) is 1.57. The maximum absolute atomic E-state index is 10.9. The number of carboxylic acid groups (broad SMARTS) is 1. The molecule has 0 fully saturated rings. The summed E-state index contributed by atoms with van der Waals surface area (Å²) in [6.45, 7) is 1.54. The molecule has 1 unspecified atom stereocenters. The summed E-state index contributed by atoms with van der Waals surface area (Å²) in [5, 5.41) is 20.0. The highest BCUT2D eigenvalue weighted by Gasteiger charge is 2.18. The maximum Gasteiger partial charge on any atom is 0.328 e. The first-order chi connectivity index (χ1) is 8.68. The Hall–Kier alpha value is -2.31. The van der Waals surface area contributed by atoms with Crippen molar-refractivity contribution in [1.82, 2.24) is 25.2 Å². The highest BCUT2D eigenvalue weighted by molar-refractivity contribution is 5.71. The first-order valence-corrected chi connectivity index (χ1v) is 5.58. The molecule has 2 aromatic heterocycles. The molecular weight excluding hydrogens is 234 g/mol. The molecule has 0 amide bonds. The molecule has 2 aromatic rings. The van der Waals surface area contributed by atoms with Crippen molar-refractivity contribution in [2.45, 2.75) is 25.8 Å². The first kappa shape index (κ1) is 12.2. The second-order valence-electron chi connectivity index (χ2n) is 3.87. The van der Waals surface area contributed by atoms with E-state index in [9.17, 15) is 4.79 Å². The summed E-state index contributed by atoms with van der Waals surface area (Å²) in [6, 6.07) is 4.90. The van der Waals surface area contributed by atoms with Gasteiger partial charge in [-0.25, -0.2) is 9.48 Å². The van der Waals surface area contributed by atoms with E-state index in [-0.39, 0.29) is 0 Å². The van der Waals surface area contributed by atoms with Crippen LogP contribution in [0.15, 0.2) is 24.4 Å². The molecule has 0 aliphatic rings. The minimum atomic E-state index is -0.957. The van der Waals surface area contributed by atoms with Gasteiger partial charge in [-0.3, -0.25) is 4.98 Å². The molecule has 1 atom stereocenters. The van der Waals surface area contributed by atoms with E-state index in [4.69, 9.17) is 5.11 Å². The second-order valence-corrected chi connectivity index (χ2v) is 3.87. The Balaban J connectivity index is 2.07. The van der Waals surface area contributed by atoms with Crippen LogP contribution < -0.4 is 0 Å². The Kier molecular flexibility index (Phi) is 3.61.